The first kappa shape index (κ1) is 21.0. The van der Waals surface area contributed by atoms with Crippen LogP contribution in [0.1, 0.15) is 46.0 Å². The van der Waals surface area contributed by atoms with E-state index in [4.69, 9.17) is 9.47 Å². The average Bonchev–Trinajstić information content (AvgIpc) is 3.04. The lowest BCUT2D eigenvalue weighted by molar-refractivity contribution is -0.139. The minimum absolute atomic E-state index is 0.0333. The van der Waals surface area contributed by atoms with Gasteiger partial charge in [0.1, 0.15) is 5.75 Å². The molecule has 2 amide bonds. The van der Waals surface area contributed by atoms with Crippen LogP contribution in [0.3, 0.4) is 0 Å². The van der Waals surface area contributed by atoms with Crippen molar-refractivity contribution < 1.29 is 19.1 Å². The zero-order valence-corrected chi connectivity index (χ0v) is 18.1. The molecule has 0 radical (unpaired) electrons. The Morgan fingerprint density at radius 1 is 1.17 bits per heavy atom. The number of piperidine rings is 1. The number of amides is 2. The summed E-state index contributed by atoms with van der Waals surface area (Å²) in [5, 5.41) is 2.72. The molecule has 3 saturated heterocycles. The van der Waals surface area contributed by atoms with Gasteiger partial charge in [-0.1, -0.05) is 0 Å². The molecule has 3 aliphatic heterocycles. The van der Waals surface area contributed by atoms with Crippen molar-refractivity contribution in [1.29, 1.82) is 0 Å². The fourth-order valence-corrected chi connectivity index (χ4v) is 5.02. The van der Waals surface area contributed by atoms with Crippen molar-refractivity contribution in [2.24, 2.45) is 5.41 Å². The molecule has 1 N–H and O–H groups in total. The van der Waals surface area contributed by atoms with Crippen molar-refractivity contribution >= 4 is 17.7 Å². The second kappa shape index (κ2) is 8.84. The van der Waals surface area contributed by atoms with Gasteiger partial charge in [0.15, 0.2) is 0 Å². The van der Waals surface area contributed by atoms with Crippen LogP contribution in [-0.4, -0.2) is 61.8 Å². The SMILES string of the molecule is CC(C)NC(=O)Oc1ccc(N2CCC[C@@]3(CCN(C4CCOCC4)C3=O)C2)cc1. The summed E-state index contributed by atoms with van der Waals surface area (Å²) in [6, 6.07) is 7.97. The number of anilines is 1. The summed E-state index contributed by atoms with van der Waals surface area (Å²) in [6.45, 7) is 7.89. The molecule has 1 aromatic carbocycles. The summed E-state index contributed by atoms with van der Waals surface area (Å²) in [6.07, 6.45) is 4.39. The molecule has 30 heavy (non-hydrogen) atoms. The van der Waals surface area contributed by atoms with Crippen LogP contribution in [0.4, 0.5) is 10.5 Å². The van der Waals surface area contributed by atoms with Gasteiger partial charge in [-0.3, -0.25) is 4.79 Å². The molecular formula is C23H33N3O4. The maximum atomic E-state index is 13.4. The highest BCUT2D eigenvalue weighted by atomic mass is 16.6. The Morgan fingerprint density at radius 2 is 1.90 bits per heavy atom. The zero-order chi connectivity index (χ0) is 21.1. The average molecular weight is 416 g/mol. The van der Waals surface area contributed by atoms with Gasteiger partial charge in [0.05, 0.1) is 5.41 Å². The molecule has 3 aliphatic rings. The first-order chi connectivity index (χ1) is 14.5. The number of nitrogens with zero attached hydrogens (tertiary/aromatic N) is 2. The summed E-state index contributed by atoms with van der Waals surface area (Å²) >= 11 is 0. The minimum atomic E-state index is -0.445. The third-order valence-electron chi connectivity index (χ3n) is 6.57. The van der Waals surface area contributed by atoms with Gasteiger partial charge < -0.3 is 24.6 Å². The van der Waals surface area contributed by atoms with E-state index in [9.17, 15) is 9.59 Å². The molecule has 164 valence electrons. The van der Waals surface area contributed by atoms with Crippen LogP contribution in [0, 0.1) is 5.41 Å². The summed E-state index contributed by atoms with van der Waals surface area (Å²) in [5.41, 5.74) is 0.811. The fraction of sp³-hybridized carbons (Fsp3) is 0.652. The van der Waals surface area contributed by atoms with E-state index in [2.05, 4.69) is 15.1 Å². The summed E-state index contributed by atoms with van der Waals surface area (Å²) in [5.74, 6) is 0.857. The predicted octanol–water partition coefficient (Wildman–Crippen LogP) is 3.18. The Balaban J connectivity index is 1.40. The molecule has 7 heteroatoms. The molecule has 0 unspecified atom stereocenters. The van der Waals surface area contributed by atoms with Gasteiger partial charge in [0, 0.05) is 50.6 Å². The Bertz CT molecular complexity index is 760. The van der Waals surface area contributed by atoms with Crippen molar-refractivity contribution in [3.05, 3.63) is 24.3 Å². The fourth-order valence-electron chi connectivity index (χ4n) is 5.02. The maximum absolute atomic E-state index is 13.4. The molecule has 1 aromatic rings. The minimum Gasteiger partial charge on any atom is -0.410 e. The lowest BCUT2D eigenvalue weighted by Crippen LogP contribution is -2.50. The van der Waals surface area contributed by atoms with Crippen molar-refractivity contribution in [2.45, 2.75) is 58.0 Å². The number of ether oxygens (including phenoxy) is 2. The third kappa shape index (κ3) is 4.41. The largest absolute Gasteiger partial charge is 0.412 e. The highest BCUT2D eigenvalue weighted by Crippen LogP contribution is 2.43. The van der Waals surface area contributed by atoms with Crippen molar-refractivity contribution in [3.8, 4) is 5.75 Å². The second-order valence-corrected chi connectivity index (χ2v) is 9.08. The molecule has 3 fully saturated rings. The van der Waals surface area contributed by atoms with E-state index in [1.54, 1.807) is 0 Å². The van der Waals surface area contributed by atoms with Gasteiger partial charge in [-0.05, 0) is 70.2 Å². The molecule has 0 aromatic heterocycles. The number of hydrogen-bond donors (Lipinski definition) is 1. The van der Waals surface area contributed by atoms with E-state index in [-0.39, 0.29) is 11.5 Å². The number of likely N-dealkylation sites (tertiary alicyclic amines) is 1. The quantitative estimate of drug-likeness (QED) is 0.818. The number of carbonyl (C=O) groups is 2. The molecule has 3 heterocycles. The molecular weight excluding hydrogens is 382 g/mol. The van der Waals surface area contributed by atoms with E-state index < -0.39 is 6.09 Å². The Hall–Kier alpha value is -2.28. The summed E-state index contributed by atoms with van der Waals surface area (Å²) < 4.78 is 10.8. The van der Waals surface area contributed by atoms with Crippen LogP contribution >= 0.6 is 0 Å². The second-order valence-electron chi connectivity index (χ2n) is 9.08. The monoisotopic (exact) mass is 415 g/mol. The standard InChI is InChI=1S/C23H33N3O4/c1-17(2)24-22(28)30-20-6-4-18(5-7-20)25-12-3-10-23(16-25)11-13-26(21(23)27)19-8-14-29-15-9-19/h4-7,17,19H,3,8-16H2,1-2H3,(H,24,28)/t23-/m1/s1. The molecule has 0 aliphatic carbocycles. The number of hydrogen-bond acceptors (Lipinski definition) is 5. The number of rotatable bonds is 4. The van der Waals surface area contributed by atoms with Crippen molar-refractivity contribution in [3.63, 3.8) is 0 Å². The van der Waals surface area contributed by atoms with Gasteiger partial charge >= 0.3 is 6.09 Å². The summed E-state index contributed by atoms with van der Waals surface area (Å²) in [4.78, 5) is 29.6. The first-order valence-electron chi connectivity index (χ1n) is 11.2. The van der Waals surface area contributed by atoms with Crippen molar-refractivity contribution in [2.75, 3.05) is 37.7 Å². The van der Waals surface area contributed by atoms with Crippen LogP contribution in [0.2, 0.25) is 0 Å². The highest BCUT2D eigenvalue weighted by molar-refractivity contribution is 5.86. The molecule has 1 spiro atoms. The Morgan fingerprint density at radius 3 is 2.60 bits per heavy atom. The Labute approximate surface area is 178 Å². The molecule has 1 atom stereocenters. The normalized spacial score (nSPS) is 25.2. The maximum Gasteiger partial charge on any atom is 0.412 e. The number of nitrogens with one attached hydrogen (secondary N) is 1. The van der Waals surface area contributed by atoms with Gasteiger partial charge in [0.2, 0.25) is 5.91 Å². The van der Waals surface area contributed by atoms with Gasteiger partial charge in [-0.2, -0.15) is 0 Å². The molecule has 0 saturated carbocycles. The van der Waals surface area contributed by atoms with E-state index in [1.165, 1.54) is 0 Å². The topological polar surface area (TPSA) is 71.1 Å². The van der Waals surface area contributed by atoms with Crippen molar-refractivity contribution in [1.82, 2.24) is 10.2 Å². The molecule has 7 nitrogen and oxygen atoms in total. The Kier molecular flexibility index (Phi) is 6.18. The summed E-state index contributed by atoms with van der Waals surface area (Å²) in [7, 11) is 0. The lowest BCUT2D eigenvalue weighted by Gasteiger charge is -2.41. The van der Waals surface area contributed by atoms with E-state index in [0.717, 1.165) is 70.6 Å². The first-order valence-corrected chi connectivity index (χ1v) is 11.2. The predicted molar refractivity (Wildman–Crippen MR) is 115 cm³/mol. The lowest BCUT2D eigenvalue weighted by atomic mass is 9.78. The van der Waals surface area contributed by atoms with Crippen LogP contribution in [0.5, 0.6) is 5.75 Å². The van der Waals surface area contributed by atoms with Crippen LogP contribution in [-0.2, 0) is 9.53 Å². The zero-order valence-electron chi connectivity index (χ0n) is 18.1. The van der Waals surface area contributed by atoms with E-state index in [0.29, 0.717) is 17.7 Å². The molecule has 0 bridgehead atoms. The van der Waals surface area contributed by atoms with Gasteiger partial charge in [-0.25, -0.2) is 4.79 Å². The van der Waals surface area contributed by atoms with Crippen LogP contribution < -0.4 is 15.0 Å². The number of carbonyl (C=O) groups excluding carboxylic acids is 2. The number of benzene rings is 1. The van der Waals surface area contributed by atoms with Gasteiger partial charge in [-0.15, -0.1) is 0 Å². The van der Waals surface area contributed by atoms with Gasteiger partial charge in [0.25, 0.3) is 0 Å². The highest BCUT2D eigenvalue weighted by Gasteiger charge is 2.50. The van der Waals surface area contributed by atoms with Crippen LogP contribution in [0.15, 0.2) is 24.3 Å². The third-order valence-corrected chi connectivity index (χ3v) is 6.57. The van der Waals surface area contributed by atoms with Crippen LogP contribution in [0.25, 0.3) is 0 Å². The smallest absolute Gasteiger partial charge is 0.410 e. The van der Waals surface area contributed by atoms with E-state index >= 15 is 0 Å². The van der Waals surface area contributed by atoms with E-state index in [1.807, 2.05) is 38.1 Å². The molecule has 4 rings (SSSR count).